The number of benzene rings is 1. The summed E-state index contributed by atoms with van der Waals surface area (Å²) >= 11 is 0. The van der Waals surface area contributed by atoms with Gasteiger partial charge in [0.25, 0.3) is 5.91 Å². The normalized spacial score (nSPS) is 18.2. The quantitative estimate of drug-likeness (QED) is 0.541. The van der Waals surface area contributed by atoms with Gasteiger partial charge in [-0.25, -0.2) is 21.9 Å². The van der Waals surface area contributed by atoms with Gasteiger partial charge in [0.15, 0.2) is 23.1 Å². The van der Waals surface area contributed by atoms with E-state index in [4.69, 9.17) is 4.74 Å². The van der Waals surface area contributed by atoms with E-state index in [9.17, 15) is 27.1 Å². The molecule has 0 spiro atoms. The van der Waals surface area contributed by atoms with Crippen LogP contribution >= 0.6 is 0 Å². The van der Waals surface area contributed by atoms with E-state index >= 15 is 0 Å². The minimum absolute atomic E-state index is 0.0237. The molecule has 168 valence electrons. The number of aliphatic hydroxyl groups is 1. The highest BCUT2D eigenvalue weighted by Gasteiger charge is 2.37. The van der Waals surface area contributed by atoms with E-state index in [2.05, 4.69) is 15.0 Å². The Balaban J connectivity index is 1.64. The molecule has 9 nitrogen and oxygen atoms in total. The van der Waals surface area contributed by atoms with Gasteiger partial charge >= 0.3 is 0 Å². The topological polar surface area (TPSA) is 123 Å². The lowest BCUT2D eigenvalue weighted by atomic mass is 10.1. The van der Waals surface area contributed by atoms with Crippen LogP contribution in [0.1, 0.15) is 22.2 Å². The Kier molecular flexibility index (Phi) is 5.67. The number of nitrogens with one attached hydrogen (secondary N) is 2. The molecule has 0 saturated carbocycles. The third-order valence-electron chi connectivity index (χ3n) is 4.93. The maximum Gasteiger partial charge on any atom is 0.276 e. The fourth-order valence-corrected chi connectivity index (χ4v) is 4.77. The van der Waals surface area contributed by atoms with Gasteiger partial charge in [0, 0.05) is 37.4 Å². The largest absolute Gasteiger partial charge is 0.488 e. The van der Waals surface area contributed by atoms with Crippen molar-refractivity contribution in [2.45, 2.75) is 17.0 Å². The number of hydrogen-bond acceptors (Lipinski definition) is 6. The van der Waals surface area contributed by atoms with Gasteiger partial charge in [-0.1, -0.05) is 0 Å². The first-order chi connectivity index (χ1) is 15.2. The van der Waals surface area contributed by atoms with Gasteiger partial charge in [0.2, 0.25) is 10.0 Å². The van der Waals surface area contributed by atoms with Crippen molar-refractivity contribution in [3.63, 3.8) is 0 Å². The van der Waals surface area contributed by atoms with Crippen molar-refractivity contribution in [1.29, 1.82) is 0 Å². The Morgan fingerprint density at radius 3 is 2.69 bits per heavy atom. The molecule has 2 atom stereocenters. The molecule has 3 N–H and O–H groups in total. The molecule has 0 aliphatic carbocycles. The molecule has 32 heavy (non-hydrogen) atoms. The number of halogens is 2. The minimum Gasteiger partial charge on any atom is -0.488 e. The smallest absolute Gasteiger partial charge is 0.276 e. The van der Waals surface area contributed by atoms with Crippen molar-refractivity contribution in [1.82, 2.24) is 14.3 Å². The Bertz CT molecular complexity index is 1280. The molecular formula is C20H18F2N4O5S. The molecule has 1 aliphatic rings. The lowest BCUT2D eigenvalue weighted by molar-refractivity contribution is 0.0996. The molecule has 4 rings (SSSR count). The summed E-state index contributed by atoms with van der Waals surface area (Å²) in [7, 11) is -2.72. The van der Waals surface area contributed by atoms with E-state index in [1.54, 1.807) is 0 Å². The van der Waals surface area contributed by atoms with Crippen LogP contribution in [0.15, 0.2) is 53.8 Å². The first-order valence-electron chi connectivity index (χ1n) is 9.36. The van der Waals surface area contributed by atoms with Gasteiger partial charge in [-0.3, -0.25) is 9.78 Å². The molecule has 2 aromatic heterocycles. The number of pyridine rings is 1. The van der Waals surface area contributed by atoms with Crippen molar-refractivity contribution in [2.75, 3.05) is 11.9 Å². The number of sulfonamides is 1. The third-order valence-corrected chi connectivity index (χ3v) is 6.41. The molecule has 0 saturated heterocycles. The van der Waals surface area contributed by atoms with Crippen molar-refractivity contribution >= 4 is 21.6 Å². The second kappa shape index (κ2) is 8.30. The van der Waals surface area contributed by atoms with Gasteiger partial charge in [0.05, 0.1) is 12.1 Å². The third kappa shape index (κ3) is 4.07. The molecule has 12 heteroatoms. The summed E-state index contributed by atoms with van der Waals surface area (Å²) in [5.74, 6) is -3.23. The summed E-state index contributed by atoms with van der Waals surface area (Å²) in [6.07, 6.45) is 2.88. The lowest BCUT2D eigenvalue weighted by Gasteiger charge is -2.21. The van der Waals surface area contributed by atoms with Crippen molar-refractivity contribution in [2.24, 2.45) is 7.05 Å². The van der Waals surface area contributed by atoms with E-state index in [0.717, 1.165) is 18.2 Å². The predicted molar refractivity (Wildman–Crippen MR) is 109 cm³/mol. The molecule has 1 amide bonds. The van der Waals surface area contributed by atoms with Gasteiger partial charge in [-0.2, -0.15) is 0 Å². The number of fused-ring (bicyclic) bond motifs is 1. The number of carbonyl (C=O) groups is 1. The summed E-state index contributed by atoms with van der Waals surface area (Å²) in [4.78, 5) is 16.4. The minimum atomic E-state index is -4.16. The number of hydrogen-bond donors (Lipinski definition) is 3. The monoisotopic (exact) mass is 464 g/mol. The Morgan fingerprint density at radius 1 is 1.28 bits per heavy atom. The molecule has 3 heterocycles. The maximum absolute atomic E-state index is 13.5. The van der Waals surface area contributed by atoms with Crippen LogP contribution in [0.4, 0.5) is 14.5 Å². The summed E-state index contributed by atoms with van der Waals surface area (Å²) in [6.45, 7) is -0.273. The highest BCUT2D eigenvalue weighted by molar-refractivity contribution is 7.89. The molecule has 0 fully saturated rings. The SMILES string of the molecule is Cn1cc2c(c1C(=O)Nc1ccc(F)c(F)c1)OCC(C(O)c1ccncc1)NS2(=O)=O. The van der Waals surface area contributed by atoms with Crippen LogP contribution in [0, 0.1) is 11.6 Å². The van der Waals surface area contributed by atoms with Crippen LogP contribution in [0.2, 0.25) is 0 Å². The van der Waals surface area contributed by atoms with Crippen molar-refractivity contribution < 1.29 is 31.8 Å². The molecular weight excluding hydrogens is 446 g/mol. The van der Waals surface area contributed by atoms with Crippen LogP contribution in [-0.2, 0) is 17.1 Å². The number of amides is 1. The zero-order chi connectivity index (χ0) is 23.0. The number of rotatable bonds is 4. The number of aliphatic hydroxyl groups excluding tert-OH is 1. The van der Waals surface area contributed by atoms with E-state index in [-0.39, 0.29) is 28.6 Å². The number of ether oxygens (including phenoxy) is 1. The number of nitrogens with zero attached hydrogens (tertiary/aromatic N) is 2. The summed E-state index contributed by atoms with van der Waals surface area (Å²) < 4.78 is 61.7. The van der Waals surface area contributed by atoms with Crippen LogP contribution in [0.3, 0.4) is 0 Å². The molecule has 0 bridgehead atoms. The van der Waals surface area contributed by atoms with Gasteiger partial charge in [-0.15, -0.1) is 0 Å². The molecule has 3 aromatic rings. The van der Waals surface area contributed by atoms with E-state index in [1.165, 1.54) is 42.3 Å². The van der Waals surface area contributed by atoms with E-state index in [1.807, 2.05) is 0 Å². The zero-order valence-corrected chi connectivity index (χ0v) is 17.4. The average Bonchev–Trinajstić information content (AvgIpc) is 3.04. The second-order valence-corrected chi connectivity index (χ2v) is 8.81. The molecule has 1 aromatic carbocycles. The van der Waals surface area contributed by atoms with E-state index in [0.29, 0.717) is 5.56 Å². The van der Waals surface area contributed by atoms with Gasteiger partial charge in [0.1, 0.15) is 11.5 Å². The Morgan fingerprint density at radius 2 is 2.00 bits per heavy atom. The van der Waals surface area contributed by atoms with E-state index < -0.39 is 39.7 Å². The number of carbonyl (C=O) groups excluding carboxylic acids is 1. The van der Waals surface area contributed by atoms with Crippen LogP contribution in [0.5, 0.6) is 5.75 Å². The van der Waals surface area contributed by atoms with Crippen molar-refractivity contribution in [3.8, 4) is 5.75 Å². The average molecular weight is 464 g/mol. The number of anilines is 1. The van der Waals surface area contributed by atoms with Crippen molar-refractivity contribution in [3.05, 3.63) is 71.8 Å². The molecule has 0 radical (unpaired) electrons. The summed E-state index contributed by atoms with van der Waals surface area (Å²) in [6, 6.07) is 4.86. The van der Waals surface area contributed by atoms with Crippen LogP contribution < -0.4 is 14.8 Å². The lowest BCUT2D eigenvalue weighted by Crippen LogP contribution is -2.41. The number of aryl methyl sites for hydroxylation is 1. The predicted octanol–water partition coefficient (Wildman–Crippen LogP) is 1.72. The maximum atomic E-state index is 13.5. The van der Waals surface area contributed by atoms with Gasteiger partial charge < -0.3 is 19.7 Å². The highest BCUT2D eigenvalue weighted by atomic mass is 32.2. The molecule has 1 aliphatic heterocycles. The Hall–Kier alpha value is -3.35. The Labute approximate surface area is 181 Å². The van der Waals surface area contributed by atoms with Crippen LogP contribution in [-0.4, -0.2) is 41.6 Å². The number of aromatic nitrogens is 2. The second-order valence-electron chi connectivity index (χ2n) is 7.13. The first-order valence-corrected chi connectivity index (χ1v) is 10.8. The first kappa shape index (κ1) is 21.9. The standard InChI is InChI=1S/C20H18F2N4O5S/c1-26-9-16-19(17(26)20(28)24-12-2-3-13(21)14(22)8-12)31-10-15(25-32(16,29)30)18(27)11-4-6-23-7-5-11/h2-9,15,18,25,27H,10H2,1H3,(H,24,28). The highest BCUT2D eigenvalue weighted by Crippen LogP contribution is 2.34. The summed E-state index contributed by atoms with van der Waals surface area (Å²) in [5, 5.41) is 13.0. The van der Waals surface area contributed by atoms with Crippen LogP contribution in [0.25, 0.3) is 0 Å². The zero-order valence-electron chi connectivity index (χ0n) is 16.6. The fraction of sp³-hybridized carbons (Fsp3) is 0.200. The summed E-state index contributed by atoms with van der Waals surface area (Å²) in [5.41, 5.74) is 0.262. The molecule has 2 unspecified atom stereocenters. The van der Waals surface area contributed by atoms with Gasteiger partial charge in [-0.05, 0) is 29.8 Å². The fourth-order valence-electron chi connectivity index (χ4n) is 3.35.